The minimum absolute atomic E-state index is 0.0807. The number of aliphatic hydroxyl groups excluding tert-OH is 3. The van der Waals surface area contributed by atoms with Gasteiger partial charge in [-0.2, -0.15) is 0 Å². The summed E-state index contributed by atoms with van der Waals surface area (Å²) in [6.07, 6.45) is 24.3. The Hall–Kier alpha value is -1.33. The van der Waals surface area contributed by atoms with Crippen LogP contribution < -0.4 is 0 Å². The first-order valence-electron chi connectivity index (χ1n) is 21.1. The van der Waals surface area contributed by atoms with Crippen LogP contribution in [0.1, 0.15) is 181 Å². The van der Waals surface area contributed by atoms with E-state index in [2.05, 4.69) is 25.3 Å². The molecule has 1 aliphatic carbocycles. The Kier molecular flexibility index (Phi) is 28.9. The maximum Gasteiger partial charge on any atom is 0.469 e. The summed E-state index contributed by atoms with van der Waals surface area (Å²) < 4.78 is 26.4. The topological polar surface area (TPSA) is 180 Å². The molecule has 0 aliphatic heterocycles. The normalized spacial score (nSPS) is 20.3. The highest BCUT2D eigenvalue weighted by atomic mass is 31.2. The van der Waals surface area contributed by atoms with Crippen molar-refractivity contribution >= 4 is 19.8 Å². The fourth-order valence-electron chi connectivity index (χ4n) is 7.13. The number of phosphoric acid groups is 1. The lowest BCUT2D eigenvalue weighted by Crippen LogP contribution is -2.29. The smallest absolute Gasteiger partial charge is 0.462 e. The van der Waals surface area contributed by atoms with E-state index in [-0.39, 0.29) is 31.3 Å². The van der Waals surface area contributed by atoms with Crippen LogP contribution in [0.25, 0.3) is 0 Å². The number of hydrogen-bond acceptors (Lipinski definition) is 9. The number of esters is 2. The van der Waals surface area contributed by atoms with Gasteiger partial charge in [-0.05, 0) is 37.5 Å². The SMILES string of the molecule is CCCCC[C@H](O)/C=C/[C@@H]1[C@@H](CCCCCCC(=O)OC[C@H](COP(=O)(O)O)OC(=O)CCCCCCCCCCCCCCC(C)C)[C@@H](O)C[C@H]1O. The molecule has 0 bridgehead atoms. The Morgan fingerprint density at radius 1 is 0.717 bits per heavy atom. The Labute approximate surface area is 321 Å². The van der Waals surface area contributed by atoms with E-state index < -0.39 is 50.8 Å². The highest BCUT2D eigenvalue weighted by Gasteiger charge is 2.39. The molecule has 0 radical (unpaired) electrons. The molecule has 0 aromatic carbocycles. The average molecular weight is 777 g/mol. The maximum atomic E-state index is 12.4. The molecule has 6 atom stereocenters. The molecule has 0 amide bonds. The highest BCUT2D eigenvalue weighted by molar-refractivity contribution is 7.46. The molecule has 1 rings (SSSR count). The van der Waals surface area contributed by atoms with Gasteiger partial charge < -0.3 is 34.6 Å². The summed E-state index contributed by atoms with van der Waals surface area (Å²) in [5.41, 5.74) is 0. The summed E-state index contributed by atoms with van der Waals surface area (Å²) in [5.74, 6) is -0.490. The third-order valence-corrected chi connectivity index (χ3v) is 10.8. The van der Waals surface area contributed by atoms with Gasteiger partial charge >= 0.3 is 19.8 Å². The van der Waals surface area contributed by atoms with Crippen molar-refractivity contribution in [2.24, 2.45) is 17.8 Å². The van der Waals surface area contributed by atoms with Crippen LogP contribution >= 0.6 is 7.82 Å². The van der Waals surface area contributed by atoms with Gasteiger partial charge in [-0.15, -0.1) is 0 Å². The van der Waals surface area contributed by atoms with E-state index in [1.807, 2.05) is 6.08 Å². The summed E-state index contributed by atoms with van der Waals surface area (Å²) >= 11 is 0. The fraction of sp³-hybridized carbons (Fsp3) is 0.902. The molecule has 11 nitrogen and oxygen atoms in total. The predicted octanol–water partition coefficient (Wildman–Crippen LogP) is 8.86. The molecule has 0 saturated heterocycles. The van der Waals surface area contributed by atoms with Crippen LogP contribution in [-0.4, -0.2) is 74.7 Å². The van der Waals surface area contributed by atoms with Gasteiger partial charge in [-0.25, -0.2) is 4.57 Å². The first-order valence-corrected chi connectivity index (χ1v) is 22.6. The number of hydrogen-bond donors (Lipinski definition) is 5. The van der Waals surface area contributed by atoms with Gasteiger partial charge in [-0.3, -0.25) is 14.1 Å². The van der Waals surface area contributed by atoms with Crippen LogP contribution in [0.5, 0.6) is 0 Å². The molecule has 0 unspecified atom stereocenters. The second kappa shape index (κ2) is 30.8. The van der Waals surface area contributed by atoms with Crippen LogP contribution in [-0.2, 0) is 28.2 Å². The first-order chi connectivity index (χ1) is 25.3. The number of carbonyl (C=O) groups excluding carboxylic acids is 2. The molecule has 1 aliphatic rings. The summed E-state index contributed by atoms with van der Waals surface area (Å²) in [6.45, 7) is 5.74. The van der Waals surface area contributed by atoms with Crippen LogP contribution in [0, 0.1) is 17.8 Å². The molecule has 5 N–H and O–H groups in total. The van der Waals surface area contributed by atoms with Crippen LogP contribution in [0.3, 0.4) is 0 Å². The van der Waals surface area contributed by atoms with Gasteiger partial charge in [0.1, 0.15) is 6.61 Å². The zero-order valence-electron chi connectivity index (χ0n) is 33.4. The standard InChI is InChI=1S/C41H77O11P/c1-4-5-18-24-34(42)28-29-37-36(38(43)30-39(37)44)25-20-16-17-21-26-40(45)50-31-35(32-51-53(47,48)49)52-41(46)27-22-15-13-11-9-7-6-8-10-12-14-19-23-33(2)3/h28-29,33-39,42-44H,4-27,30-32H2,1-3H3,(H2,47,48,49)/b29-28+/t34-,35+,36+,37+,38-,39+/m0/s1. The van der Waals surface area contributed by atoms with Crippen molar-refractivity contribution < 1.29 is 53.3 Å². The van der Waals surface area contributed by atoms with Crippen molar-refractivity contribution in [2.45, 2.75) is 206 Å². The van der Waals surface area contributed by atoms with E-state index in [1.54, 1.807) is 6.08 Å². The van der Waals surface area contributed by atoms with Gasteiger partial charge in [0.25, 0.3) is 0 Å². The van der Waals surface area contributed by atoms with E-state index in [1.165, 1.54) is 57.8 Å². The van der Waals surface area contributed by atoms with E-state index in [0.717, 1.165) is 70.1 Å². The summed E-state index contributed by atoms with van der Waals surface area (Å²) in [6, 6.07) is 0. The zero-order valence-corrected chi connectivity index (χ0v) is 34.3. The molecule has 0 aromatic rings. The van der Waals surface area contributed by atoms with Gasteiger partial charge in [0, 0.05) is 25.2 Å². The highest BCUT2D eigenvalue weighted by Crippen LogP contribution is 2.38. The summed E-state index contributed by atoms with van der Waals surface area (Å²) in [7, 11) is -4.80. The van der Waals surface area contributed by atoms with Gasteiger partial charge in [0.05, 0.1) is 24.9 Å². The minimum atomic E-state index is -4.80. The molecule has 0 aromatic heterocycles. The van der Waals surface area contributed by atoms with E-state index in [4.69, 9.17) is 19.3 Å². The van der Waals surface area contributed by atoms with Gasteiger partial charge in [0.2, 0.25) is 0 Å². The third kappa shape index (κ3) is 27.8. The summed E-state index contributed by atoms with van der Waals surface area (Å²) in [5, 5.41) is 31.2. The number of rotatable bonds is 34. The van der Waals surface area contributed by atoms with Crippen LogP contribution in [0.15, 0.2) is 12.2 Å². The minimum Gasteiger partial charge on any atom is -0.462 e. The monoisotopic (exact) mass is 777 g/mol. The van der Waals surface area contributed by atoms with Crippen molar-refractivity contribution in [3.63, 3.8) is 0 Å². The van der Waals surface area contributed by atoms with Crippen molar-refractivity contribution in [1.82, 2.24) is 0 Å². The Morgan fingerprint density at radius 3 is 1.81 bits per heavy atom. The van der Waals surface area contributed by atoms with Gasteiger partial charge in [-0.1, -0.05) is 148 Å². The van der Waals surface area contributed by atoms with Crippen molar-refractivity contribution in [2.75, 3.05) is 13.2 Å². The largest absolute Gasteiger partial charge is 0.469 e. The van der Waals surface area contributed by atoms with Crippen LogP contribution in [0.4, 0.5) is 0 Å². The van der Waals surface area contributed by atoms with E-state index in [0.29, 0.717) is 25.7 Å². The molecular formula is C41H77O11P. The molecule has 1 saturated carbocycles. The molecule has 53 heavy (non-hydrogen) atoms. The first kappa shape index (κ1) is 49.7. The molecule has 0 spiro atoms. The van der Waals surface area contributed by atoms with Crippen molar-refractivity contribution in [3.05, 3.63) is 12.2 Å². The van der Waals surface area contributed by atoms with Gasteiger partial charge in [0.15, 0.2) is 6.10 Å². The third-order valence-electron chi connectivity index (χ3n) is 10.3. The number of unbranched alkanes of at least 4 members (excludes halogenated alkanes) is 16. The number of carbonyl (C=O) groups is 2. The zero-order chi connectivity index (χ0) is 39.3. The Balaban J connectivity index is 2.25. The second-order valence-electron chi connectivity index (χ2n) is 15.8. The molecule has 312 valence electrons. The maximum absolute atomic E-state index is 12.4. The van der Waals surface area contributed by atoms with Crippen molar-refractivity contribution in [1.29, 1.82) is 0 Å². The lowest BCUT2D eigenvalue weighted by molar-refractivity contribution is -0.161. The second-order valence-corrected chi connectivity index (χ2v) is 17.0. The summed E-state index contributed by atoms with van der Waals surface area (Å²) in [4.78, 5) is 43.1. The fourth-order valence-corrected chi connectivity index (χ4v) is 7.49. The Bertz CT molecular complexity index is 1000. The molecule has 12 heteroatoms. The number of ether oxygens (including phenoxy) is 2. The molecule has 1 fully saturated rings. The average Bonchev–Trinajstić information content (AvgIpc) is 3.36. The lowest BCUT2D eigenvalue weighted by Gasteiger charge is -2.21. The Morgan fingerprint density at radius 2 is 1.25 bits per heavy atom. The van der Waals surface area contributed by atoms with Crippen LogP contribution in [0.2, 0.25) is 0 Å². The van der Waals surface area contributed by atoms with Crippen molar-refractivity contribution in [3.8, 4) is 0 Å². The predicted molar refractivity (Wildman–Crippen MR) is 209 cm³/mol. The lowest BCUT2D eigenvalue weighted by atomic mass is 9.88. The molecular weight excluding hydrogens is 699 g/mol. The quantitative estimate of drug-likeness (QED) is 0.0182. The van der Waals surface area contributed by atoms with E-state index in [9.17, 15) is 29.5 Å². The van der Waals surface area contributed by atoms with E-state index >= 15 is 0 Å². The molecule has 0 heterocycles. The number of phosphoric ester groups is 1. The number of aliphatic hydroxyl groups is 3.